The Morgan fingerprint density at radius 2 is 1.83 bits per heavy atom. The van der Waals surface area contributed by atoms with E-state index in [1.54, 1.807) is 5.57 Å². The van der Waals surface area contributed by atoms with Crippen molar-refractivity contribution in [2.75, 3.05) is 13.7 Å². The Kier molecular flexibility index (Phi) is 5.20. The van der Waals surface area contributed by atoms with Crippen molar-refractivity contribution in [2.45, 2.75) is 103 Å². The van der Waals surface area contributed by atoms with Gasteiger partial charge in [-0.05, 0) is 93.3 Å². The number of hydrogen-bond acceptors (Lipinski definition) is 3. The minimum atomic E-state index is -0.337. The van der Waals surface area contributed by atoms with Gasteiger partial charge in [-0.3, -0.25) is 0 Å². The normalized spacial score (nSPS) is 48.6. The lowest BCUT2D eigenvalue weighted by molar-refractivity contribution is -0.244. The van der Waals surface area contributed by atoms with E-state index < -0.39 is 0 Å². The Labute approximate surface area is 177 Å². The Hall–Kier alpha value is -0.380. The monoisotopic (exact) mass is 402 g/mol. The highest BCUT2D eigenvalue weighted by atomic mass is 16.7. The molecule has 0 unspecified atom stereocenters. The zero-order valence-electron chi connectivity index (χ0n) is 18.9. The maximum atomic E-state index is 10.8. The smallest absolute Gasteiger partial charge is 0.167 e. The van der Waals surface area contributed by atoms with E-state index in [2.05, 4.69) is 19.9 Å². The first-order chi connectivity index (χ1) is 14.0. The molecule has 5 aliphatic rings. The van der Waals surface area contributed by atoms with E-state index in [1.165, 1.54) is 57.8 Å². The summed E-state index contributed by atoms with van der Waals surface area (Å²) in [6.45, 7) is 5.74. The molecule has 1 N–H and O–H groups in total. The highest BCUT2D eigenvalue weighted by Crippen LogP contribution is 2.66. The van der Waals surface area contributed by atoms with E-state index >= 15 is 0 Å². The number of aliphatic hydroxyl groups excluding tert-OH is 1. The fraction of sp³-hybridized carbons (Fsp3) is 0.923. The first kappa shape index (κ1) is 20.5. The van der Waals surface area contributed by atoms with Crippen LogP contribution in [0.15, 0.2) is 11.6 Å². The zero-order chi connectivity index (χ0) is 20.3. The van der Waals surface area contributed by atoms with Crippen LogP contribution in [0.4, 0.5) is 0 Å². The molecule has 4 fully saturated rings. The molecule has 0 heterocycles. The van der Waals surface area contributed by atoms with E-state index in [1.807, 2.05) is 7.11 Å². The fourth-order valence-electron chi connectivity index (χ4n) is 8.75. The molecular weight excluding hydrogens is 360 g/mol. The second-order valence-electron chi connectivity index (χ2n) is 11.4. The largest absolute Gasteiger partial charge is 0.393 e. The number of allylic oxidation sites excluding steroid dienone is 1. The van der Waals surface area contributed by atoms with Gasteiger partial charge in [0.25, 0.3) is 0 Å². The van der Waals surface area contributed by atoms with Crippen LogP contribution in [0, 0.1) is 34.5 Å². The molecule has 29 heavy (non-hydrogen) atoms. The number of aliphatic hydroxyl groups is 1. The van der Waals surface area contributed by atoms with Crippen LogP contribution in [-0.4, -0.2) is 30.7 Å². The Morgan fingerprint density at radius 1 is 1.03 bits per heavy atom. The summed E-state index contributed by atoms with van der Waals surface area (Å²) >= 11 is 0. The molecule has 5 rings (SSSR count). The summed E-state index contributed by atoms with van der Waals surface area (Å²) in [5, 5.41) is 10.8. The van der Waals surface area contributed by atoms with Gasteiger partial charge in [0.1, 0.15) is 0 Å². The summed E-state index contributed by atoms with van der Waals surface area (Å²) in [6.07, 6.45) is 16.9. The molecule has 0 spiro atoms. The molecule has 5 aliphatic carbocycles. The molecule has 164 valence electrons. The maximum absolute atomic E-state index is 10.8. The number of rotatable bonds is 4. The number of ether oxygens (including phenoxy) is 2. The van der Waals surface area contributed by atoms with Crippen LogP contribution in [0.1, 0.15) is 90.9 Å². The highest BCUT2D eigenvalue weighted by molar-refractivity contribution is 5.27. The van der Waals surface area contributed by atoms with E-state index in [0.29, 0.717) is 11.8 Å². The first-order valence-electron chi connectivity index (χ1n) is 12.5. The molecule has 3 heteroatoms. The van der Waals surface area contributed by atoms with Crippen LogP contribution in [0.2, 0.25) is 0 Å². The third kappa shape index (κ3) is 2.93. The van der Waals surface area contributed by atoms with Crippen LogP contribution >= 0.6 is 0 Å². The lowest BCUT2D eigenvalue weighted by Crippen LogP contribution is -2.56. The third-order valence-corrected chi connectivity index (χ3v) is 10.6. The van der Waals surface area contributed by atoms with E-state index in [-0.39, 0.29) is 22.7 Å². The standard InChI is InChI=1S/C26H42O3/c1-18-7-6-8-19-9-10-20-21-11-12-23(27)24(21,2)16-13-22(20)26(18,19)17-29-25(28-3)14-4-5-15-25/h8,18,20-23,27H,4-7,9-17H2,1-3H3/t18-,20-,21-,22-,23-,24-,26-/m0/s1. The van der Waals surface area contributed by atoms with Crippen molar-refractivity contribution >= 4 is 0 Å². The Balaban J connectivity index is 1.48. The van der Waals surface area contributed by atoms with E-state index in [9.17, 15) is 5.11 Å². The summed E-state index contributed by atoms with van der Waals surface area (Å²) in [7, 11) is 1.85. The van der Waals surface area contributed by atoms with Gasteiger partial charge in [0, 0.05) is 25.4 Å². The van der Waals surface area contributed by atoms with Crippen molar-refractivity contribution in [3.63, 3.8) is 0 Å². The van der Waals surface area contributed by atoms with E-state index in [4.69, 9.17) is 9.47 Å². The lowest BCUT2D eigenvalue weighted by Gasteiger charge is -2.61. The molecule has 0 saturated heterocycles. The van der Waals surface area contributed by atoms with Gasteiger partial charge in [-0.1, -0.05) is 25.5 Å². The number of hydrogen-bond donors (Lipinski definition) is 1. The summed E-state index contributed by atoms with van der Waals surface area (Å²) in [6, 6.07) is 0. The molecule has 7 atom stereocenters. The van der Waals surface area contributed by atoms with Gasteiger partial charge < -0.3 is 14.6 Å². The molecule has 4 saturated carbocycles. The summed E-state index contributed by atoms with van der Waals surface area (Å²) in [4.78, 5) is 0. The zero-order valence-corrected chi connectivity index (χ0v) is 18.9. The average Bonchev–Trinajstić information content (AvgIpc) is 3.32. The van der Waals surface area contributed by atoms with Crippen molar-refractivity contribution in [1.29, 1.82) is 0 Å². The van der Waals surface area contributed by atoms with Crippen molar-refractivity contribution in [3.05, 3.63) is 11.6 Å². The molecule has 3 nitrogen and oxygen atoms in total. The highest BCUT2D eigenvalue weighted by Gasteiger charge is 2.61. The van der Waals surface area contributed by atoms with Crippen LogP contribution in [0.25, 0.3) is 0 Å². The predicted molar refractivity (Wildman–Crippen MR) is 115 cm³/mol. The van der Waals surface area contributed by atoms with Gasteiger partial charge in [-0.25, -0.2) is 0 Å². The molecule has 0 radical (unpaired) electrons. The minimum Gasteiger partial charge on any atom is -0.393 e. The summed E-state index contributed by atoms with van der Waals surface area (Å²) in [5.41, 5.74) is 2.06. The molecular formula is C26H42O3. The van der Waals surface area contributed by atoms with Crippen LogP contribution in [-0.2, 0) is 9.47 Å². The molecule has 0 aromatic rings. The maximum Gasteiger partial charge on any atom is 0.167 e. The van der Waals surface area contributed by atoms with E-state index in [0.717, 1.165) is 37.7 Å². The SMILES string of the molecule is COC1(OC[C@@]23C(=CCC[C@@H]2C)CC[C@H]2[C@@H]4CC[C@H](O)[C@@]4(C)CC[C@@H]23)CCCC1. The second-order valence-corrected chi connectivity index (χ2v) is 11.4. The quantitative estimate of drug-likeness (QED) is 0.473. The van der Waals surface area contributed by atoms with Crippen LogP contribution in [0.3, 0.4) is 0 Å². The Bertz CT molecular complexity index is 650. The van der Waals surface area contributed by atoms with Gasteiger partial charge in [0.15, 0.2) is 5.79 Å². The average molecular weight is 403 g/mol. The number of fused-ring (bicyclic) bond motifs is 5. The minimum absolute atomic E-state index is 0.0865. The van der Waals surface area contributed by atoms with Crippen molar-refractivity contribution in [3.8, 4) is 0 Å². The number of methoxy groups -OCH3 is 1. The van der Waals surface area contributed by atoms with Crippen molar-refractivity contribution < 1.29 is 14.6 Å². The predicted octanol–water partition coefficient (Wildman–Crippen LogP) is 5.86. The fourth-order valence-corrected chi connectivity index (χ4v) is 8.75. The van der Waals surface area contributed by atoms with Gasteiger partial charge >= 0.3 is 0 Å². The van der Waals surface area contributed by atoms with Crippen molar-refractivity contribution in [1.82, 2.24) is 0 Å². The molecule has 0 bridgehead atoms. The van der Waals surface area contributed by atoms with Gasteiger partial charge in [-0.15, -0.1) is 0 Å². The summed E-state index contributed by atoms with van der Waals surface area (Å²) < 4.78 is 12.8. The topological polar surface area (TPSA) is 38.7 Å². The Morgan fingerprint density at radius 3 is 2.59 bits per heavy atom. The molecule has 0 amide bonds. The van der Waals surface area contributed by atoms with Crippen molar-refractivity contribution in [2.24, 2.45) is 34.5 Å². The first-order valence-corrected chi connectivity index (χ1v) is 12.5. The van der Waals surface area contributed by atoms with Crippen LogP contribution in [0.5, 0.6) is 0 Å². The molecule has 0 aromatic carbocycles. The molecule has 0 aliphatic heterocycles. The summed E-state index contributed by atoms with van der Waals surface area (Å²) in [5.74, 6) is 2.52. The molecule has 0 aromatic heterocycles. The van der Waals surface area contributed by atoms with Gasteiger partial charge in [0.2, 0.25) is 0 Å². The lowest BCUT2D eigenvalue weighted by atomic mass is 9.45. The second kappa shape index (κ2) is 7.35. The van der Waals surface area contributed by atoms with Gasteiger partial charge in [0.05, 0.1) is 12.7 Å². The van der Waals surface area contributed by atoms with Crippen LogP contribution < -0.4 is 0 Å². The van der Waals surface area contributed by atoms with Gasteiger partial charge in [-0.2, -0.15) is 0 Å². The third-order valence-electron chi connectivity index (χ3n) is 10.6.